The van der Waals surface area contributed by atoms with Crippen LogP contribution in [0.25, 0.3) is 0 Å². The van der Waals surface area contributed by atoms with E-state index < -0.39 is 5.91 Å². The van der Waals surface area contributed by atoms with Gasteiger partial charge in [0.1, 0.15) is 0 Å². The van der Waals surface area contributed by atoms with Gasteiger partial charge in [-0.1, -0.05) is 0 Å². The van der Waals surface area contributed by atoms with Gasteiger partial charge in [-0.05, 0) is 52.1 Å². The van der Waals surface area contributed by atoms with Crippen molar-refractivity contribution < 1.29 is 14.4 Å². The number of nitrogens with zero attached hydrogens (tertiary/aromatic N) is 1. The summed E-state index contributed by atoms with van der Waals surface area (Å²) in [7, 11) is 1.69. The lowest BCUT2D eigenvalue weighted by atomic mass is 10.1. The van der Waals surface area contributed by atoms with E-state index >= 15 is 0 Å². The number of hydrogen-bond acceptors (Lipinski definition) is 4. The fraction of sp³-hybridized carbons (Fsp3) is 0.438. The van der Waals surface area contributed by atoms with Crippen molar-refractivity contribution in [3.8, 4) is 0 Å². The van der Waals surface area contributed by atoms with Crippen LogP contribution in [0.4, 0.5) is 5.69 Å². The normalized spacial score (nSPS) is 11.2. The fourth-order valence-corrected chi connectivity index (χ4v) is 1.92. The van der Waals surface area contributed by atoms with E-state index in [1.54, 1.807) is 36.2 Å². The molecule has 23 heavy (non-hydrogen) atoms. The van der Waals surface area contributed by atoms with Gasteiger partial charge in [-0.25, -0.2) is 0 Å². The van der Waals surface area contributed by atoms with E-state index in [9.17, 15) is 14.4 Å². The number of rotatable bonds is 6. The molecule has 7 nitrogen and oxygen atoms in total. The Morgan fingerprint density at radius 3 is 2.04 bits per heavy atom. The minimum atomic E-state index is -0.521. The summed E-state index contributed by atoms with van der Waals surface area (Å²) in [4.78, 5) is 36.3. The molecule has 0 heterocycles. The lowest BCUT2D eigenvalue weighted by molar-refractivity contribution is -0.124. The summed E-state index contributed by atoms with van der Waals surface area (Å²) in [5.74, 6) is -0.908. The fourth-order valence-electron chi connectivity index (χ4n) is 1.92. The molecule has 3 amide bonds. The molecule has 0 aliphatic heterocycles. The highest BCUT2D eigenvalue weighted by Gasteiger charge is 2.16. The standard InChI is InChI=1S/C16H24N4O3/c1-16(2,3)19-14(22)10-20(4)9-13(21)18-12-7-5-11(6-8-12)15(17)23/h5-8H,9-10H2,1-4H3,(H2,17,23)(H,18,21)(H,19,22). The molecule has 0 bridgehead atoms. The molecule has 0 aliphatic rings. The van der Waals surface area contributed by atoms with E-state index in [0.717, 1.165) is 0 Å². The number of carbonyl (C=O) groups excluding carboxylic acids is 3. The summed E-state index contributed by atoms with van der Waals surface area (Å²) in [5.41, 5.74) is 5.78. The molecular weight excluding hydrogens is 296 g/mol. The van der Waals surface area contributed by atoms with Crippen molar-refractivity contribution in [1.82, 2.24) is 10.2 Å². The summed E-state index contributed by atoms with van der Waals surface area (Å²) >= 11 is 0. The molecule has 0 saturated carbocycles. The van der Waals surface area contributed by atoms with Crippen LogP contribution in [0.1, 0.15) is 31.1 Å². The molecule has 0 spiro atoms. The topological polar surface area (TPSA) is 105 Å². The van der Waals surface area contributed by atoms with E-state index in [1.807, 2.05) is 20.8 Å². The molecule has 126 valence electrons. The number of carbonyl (C=O) groups is 3. The Morgan fingerprint density at radius 2 is 1.57 bits per heavy atom. The molecule has 0 aliphatic carbocycles. The largest absolute Gasteiger partial charge is 0.366 e. The molecule has 1 aromatic rings. The maximum atomic E-state index is 11.9. The maximum absolute atomic E-state index is 11.9. The third-order valence-corrected chi connectivity index (χ3v) is 2.79. The van der Waals surface area contributed by atoms with Crippen LogP contribution in [0.3, 0.4) is 0 Å². The van der Waals surface area contributed by atoms with Gasteiger partial charge in [0.25, 0.3) is 0 Å². The first kappa shape index (κ1) is 18.6. The highest BCUT2D eigenvalue weighted by atomic mass is 16.2. The molecule has 0 aromatic heterocycles. The molecule has 7 heteroatoms. The highest BCUT2D eigenvalue weighted by molar-refractivity contribution is 5.95. The smallest absolute Gasteiger partial charge is 0.248 e. The van der Waals surface area contributed by atoms with E-state index in [2.05, 4.69) is 10.6 Å². The van der Waals surface area contributed by atoms with Gasteiger partial charge in [0, 0.05) is 16.8 Å². The number of nitrogens with one attached hydrogen (secondary N) is 2. The van der Waals surface area contributed by atoms with Crippen LogP contribution in [-0.2, 0) is 9.59 Å². The monoisotopic (exact) mass is 320 g/mol. The number of nitrogens with two attached hydrogens (primary N) is 1. The van der Waals surface area contributed by atoms with Gasteiger partial charge in [-0.15, -0.1) is 0 Å². The van der Waals surface area contributed by atoms with E-state index in [0.29, 0.717) is 11.3 Å². The van der Waals surface area contributed by atoms with Crippen molar-refractivity contribution in [2.75, 3.05) is 25.5 Å². The number of primary amides is 1. The SMILES string of the molecule is CN(CC(=O)Nc1ccc(C(N)=O)cc1)CC(=O)NC(C)(C)C. The van der Waals surface area contributed by atoms with Gasteiger partial charge >= 0.3 is 0 Å². The lowest BCUT2D eigenvalue weighted by Crippen LogP contribution is -2.46. The van der Waals surface area contributed by atoms with Crippen molar-refractivity contribution in [1.29, 1.82) is 0 Å². The van der Waals surface area contributed by atoms with Gasteiger partial charge in [-0.2, -0.15) is 0 Å². The van der Waals surface area contributed by atoms with Gasteiger partial charge in [-0.3, -0.25) is 19.3 Å². The van der Waals surface area contributed by atoms with Gasteiger partial charge in [0.15, 0.2) is 0 Å². The third-order valence-electron chi connectivity index (χ3n) is 2.79. The van der Waals surface area contributed by atoms with Crippen LogP contribution in [0.15, 0.2) is 24.3 Å². The van der Waals surface area contributed by atoms with Crippen LogP contribution >= 0.6 is 0 Å². The highest BCUT2D eigenvalue weighted by Crippen LogP contribution is 2.09. The van der Waals surface area contributed by atoms with Crippen LogP contribution < -0.4 is 16.4 Å². The number of anilines is 1. The van der Waals surface area contributed by atoms with Crippen LogP contribution in [0.2, 0.25) is 0 Å². The number of likely N-dealkylation sites (N-methyl/N-ethyl adjacent to an activating group) is 1. The summed E-state index contributed by atoms with van der Waals surface area (Å²) in [6.45, 7) is 5.90. The maximum Gasteiger partial charge on any atom is 0.248 e. The first-order valence-corrected chi connectivity index (χ1v) is 7.26. The molecule has 0 radical (unpaired) electrons. The predicted molar refractivity (Wildman–Crippen MR) is 89.0 cm³/mol. The quantitative estimate of drug-likeness (QED) is 0.712. The molecule has 0 fully saturated rings. The number of benzene rings is 1. The summed E-state index contributed by atoms with van der Waals surface area (Å²) in [6, 6.07) is 6.28. The van der Waals surface area contributed by atoms with Crippen molar-refractivity contribution in [3.63, 3.8) is 0 Å². The first-order chi connectivity index (χ1) is 10.6. The van der Waals surface area contributed by atoms with Crippen molar-refractivity contribution >= 4 is 23.4 Å². The Bertz CT molecular complexity index is 576. The third kappa shape index (κ3) is 7.42. The van der Waals surface area contributed by atoms with E-state index in [1.165, 1.54) is 0 Å². The second-order valence-corrected chi connectivity index (χ2v) is 6.46. The molecule has 1 aromatic carbocycles. The minimum Gasteiger partial charge on any atom is -0.366 e. The Balaban J connectivity index is 2.46. The molecule has 0 saturated heterocycles. The minimum absolute atomic E-state index is 0.0785. The summed E-state index contributed by atoms with van der Waals surface area (Å²) in [5, 5.41) is 5.53. The molecular formula is C16H24N4O3. The Morgan fingerprint density at radius 1 is 1.04 bits per heavy atom. The van der Waals surface area contributed by atoms with Gasteiger partial charge in [0.05, 0.1) is 13.1 Å². The van der Waals surface area contributed by atoms with Crippen LogP contribution in [0.5, 0.6) is 0 Å². The Labute approximate surface area is 136 Å². The van der Waals surface area contributed by atoms with E-state index in [4.69, 9.17) is 5.73 Å². The summed E-state index contributed by atoms with van der Waals surface area (Å²) < 4.78 is 0. The zero-order valence-corrected chi connectivity index (χ0v) is 14.0. The van der Waals surface area contributed by atoms with Gasteiger partial charge in [0.2, 0.25) is 17.7 Å². The molecule has 0 unspecified atom stereocenters. The summed E-state index contributed by atoms with van der Waals surface area (Å²) in [6.07, 6.45) is 0. The zero-order valence-electron chi connectivity index (χ0n) is 14.0. The zero-order chi connectivity index (χ0) is 17.6. The Hall–Kier alpha value is -2.41. The van der Waals surface area contributed by atoms with Crippen molar-refractivity contribution in [3.05, 3.63) is 29.8 Å². The predicted octanol–water partition coefficient (Wildman–Crippen LogP) is 0.571. The second-order valence-electron chi connectivity index (χ2n) is 6.46. The van der Waals surface area contributed by atoms with E-state index in [-0.39, 0.29) is 30.4 Å². The average Bonchev–Trinajstić information content (AvgIpc) is 2.36. The van der Waals surface area contributed by atoms with Crippen molar-refractivity contribution in [2.45, 2.75) is 26.3 Å². The van der Waals surface area contributed by atoms with Crippen molar-refractivity contribution in [2.24, 2.45) is 5.73 Å². The number of hydrogen-bond donors (Lipinski definition) is 3. The van der Waals surface area contributed by atoms with Crippen LogP contribution in [-0.4, -0.2) is 48.3 Å². The van der Waals surface area contributed by atoms with Crippen LogP contribution in [0, 0.1) is 0 Å². The number of amides is 3. The molecule has 4 N–H and O–H groups in total. The molecule has 0 atom stereocenters. The Kier molecular flexibility index (Phi) is 6.27. The second kappa shape index (κ2) is 7.73. The average molecular weight is 320 g/mol. The van der Waals surface area contributed by atoms with Gasteiger partial charge < -0.3 is 16.4 Å². The molecule has 1 rings (SSSR count). The first-order valence-electron chi connectivity index (χ1n) is 7.26. The lowest BCUT2D eigenvalue weighted by Gasteiger charge is -2.23.